The van der Waals surface area contributed by atoms with Crippen molar-refractivity contribution in [3.05, 3.63) is 35.4 Å². The van der Waals surface area contributed by atoms with Gasteiger partial charge in [-0.3, -0.25) is 4.79 Å². The third-order valence-corrected chi connectivity index (χ3v) is 3.62. The Bertz CT molecular complexity index is 499. The third kappa shape index (κ3) is 4.00. The number of halogens is 2. The van der Waals surface area contributed by atoms with E-state index in [9.17, 15) is 18.7 Å². The molecule has 2 N–H and O–H groups in total. The second-order valence-electron chi connectivity index (χ2n) is 5.66. The third-order valence-electron chi connectivity index (χ3n) is 3.62. The molecule has 0 saturated heterocycles. The number of amides is 1. The van der Waals surface area contributed by atoms with Crippen LogP contribution in [-0.4, -0.2) is 17.6 Å². The number of carbonyl (C=O) groups is 1. The molecule has 2 rings (SSSR count). The molecule has 5 heteroatoms. The minimum absolute atomic E-state index is 0.0265. The van der Waals surface area contributed by atoms with E-state index in [1.807, 2.05) is 0 Å². The molecule has 0 spiro atoms. The Morgan fingerprint density at radius 1 is 1.45 bits per heavy atom. The highest BCUT2D eigenvalue weighted by atomic mass is 19.1. The van der Waals surface area contributed by atoms with Gasteiger partial charge in [0.2, 0.25) is 5.91 Å². The molecule has 1 amide bonds. The molecule has 1 atom stereocenters. The number of benzene rings is 1. The van der Waals surface area contributed by atoms with E-state index in [0.29, 0.717) is 12.3 Å². The Morgan fingerprint density at radius 2 is 2.15 bits per heavy atom. The van der Waals surface area contributed by atoms with Crippen LogP contribution >= 0.6 is 0 Å². The van der Waals surface area contributed by atoms with E-state index >= 15 is 0 Å². The van der Waals surface area contributed by atoms with Crippen molar-refractivity contribution in [1.29, 1.82) is 0 Å². The van der Waals surface area contributed by atoms with Gasteiger partial charge in [0.25, 0.3) is 0 Å². The Balaban J connectivity index is 1.90. The predicted molar refractivity (Wildman–Crippen MR) is 70.9 cm³/mol. The van der Waals surface area contributed by atoms with Crippen molar-refractivity contribution in [2.75, 3.05) is 6.54 Å². The van der Waals surface area contributed by atoms with Gasteiger partial charge in [-0.2, -0.15) is 0 Å². The summed E-state index contributed by atoms with van der Waals surface area (Å²) in [5.74, 6) is -1.01. The van der Waals surface area contributed by atoms with Gasteiger partial charge in [0.05, 0.1) is 6.54 Å². The minimum atomic E-state index is -1.56. The molecule has 1 aliphatic rings. The SMILES string of the molecule is CC(O)(CNC(=O)CCC1CC1)c1ccc(F)cc1F. The average Bonchev–Trinajstić information content (AvgIpc) is 3.17. The molecule has 0 radical (unpaired) electrons. The van der Waals surface area contributed by atoms with E-state index < -0.39 is 17.2 Å². The van der Waals surface area contributed by atoms with Gasteiger partial charge in [0, 0.05) is 18.1 Å². The van der Waals surface area contributed by atoms with E-state index in [1.165, 1.54) is 25.8 Å². The van der Waals surface area contributed by atoms with Crippen LogP contribution in [0.25, 0.3) is 0 Å². The molecule has 3 nitrogen and oxygen atoms in total. The highest BCUT2D eigenvalue weighted by Crippen LogP contribution is 2.33. The van der Waals surface area contributed by atoms with Crippen LogP contribution in [0, 0.1) is 17.6 Å². The predicted octanol–water partition coefficient (Wildman–Crippen LogP) is 2.48. The molecule has 1 aromatic carbocycles. The number of nitrogens with one attached hydrogen (secondary N) is 1. The minimum Gasteiger partial charge on any atom is -0.383 e. The molecule has 1 aliphatic carbocycles. The van der Waals surface area contributed by atoms with Gasteiger partial charge < -0.3 is 10.4 Å². The monoisotopic (exact) mass is 283 g/mol. The van der Waals surface area contributed by atoms with Crippen LogP contribution in [0.5, 0.6) is 0 Å². The van der Waals surface area contributed by atoms with Crippen LogP contribution < -0.4 is 5.32 Å². The molecule has 0 bridgehead atoms. The highest BCUT2D eigenvalue weighted by Gasteiger charge is 2.28. The van der Waals surface area contributed by atoms with Crippen LogP contribution in [0.4, 0.5) is 8.78 Å². The zero-order valence-corrected chi connectivity index (χ0v) is 11.5. The maximum Gasteiger partial charge on any atom is 0.220 e. The molecule has 1 saturated carbocycles. The standard InChI is InChI=1S/C15H19F2NO2/c1-15(20,12-6-5-11(16)8-13(12)17)9-18-14(19)7-4-10-2-3-10/h5-6,8,10,20H,2-4,7,9H2,1H3,(H,18,19). The Kier molecular flexibility index (Phi) is 4.38. The normalized spacial score (nSPS) is 17.6. The van der Waals surface area contributed by atoms with Crippen molar-refractivity contribution < 1.29 is 18.7 Å². The van der Waals surface area contributed by atoms with Crippen molar-refractivity contribution in [3.63, 3.8) is 0 Å². The molecule has 1 fully saturated rings. The molecule has 110 valence electrons. The van der Waals surface area contributed by atoms with E-state index in [1.54, 1.807) is 0 Å². The number of rotatable bonds is 6. The fourth-order valence-corrected chi connectivity index (χ4v) is 2.12. The van der Waals surface area contributed by atoms with E-state index in [-0.39, 0.29) is 18.0 Å². The maximum absolute atomic E-state index is 13.6. The zero-order chi connectivity index (χ0) is 14.8. The van der Waals surface area contributed by atoms with E-state index in [2.05, 4.69) is 5.32 Å². The summed E-state index contributed by atoms with van der Waals surface area (Å²) in [6, 6.07) is 3.00. The summed E-state index contributed by atoms with van der Waals surface area (Å²) < 4.78 is 26.5. The van der Waals surface area contributed by atoms with Gasteiger partial charge in [-0.15, -0.1) is 0 Å². The van der Waals surface area contributed by atoms with Gasteiger partial charge in [-0.05, 0) is 25.3 Å². The van der Waals surface area contributed by atoms with E-state index in [0.717, 1.165) is 18.6 Å². The van der Waals surface area contributed by atoms with Crippen LogP contribution in [0.1, 0.15) is 38.2 Å². The summed E-state index contributed by atoms with van der Waals surface area (Å²) in [4.78, 5) is 11.6. The lowest BCUT2D eigenvalue weighted by molar-refractivity contribution is -0.122. The second-order valence-corrected chi connectivity index (χ2v) is 5.66. The Morgan fingerprint density at radius 3 is 2.75 bits per heavy atom. The number of hydrogen-bond acceptors (Lipinski definition) is 2. The highest BCUT2D eigenvalue weighted by molar-refractivity contribution is 5.76. The summed E-state index contributed by atoms with van der Waals surface area (Å²) in [5, 5.41) is 12.8. The second kappa shape index (κ2) is 5.87. The van der Waals surface area contributed by atoms with Crippen LogP contribution in [-0.2, 0) is 10.4 Å². The maximum atomic E-state index is 13.6. The zero-order valence-electron chi connectivity index (χ0n) is 11.5. The lowest BCUT2D eigenvalue weighted by atomic mass is 9.95. The number of hydrogen-bond donors (Lipinski definition) is 2. The van der Waals surface area contributed by atoms with Crippen molar-refractivity contribution >= 4 is 5.91 Å². The van der Waals surface area contributed by atoms with Crippen LogP contribution in [0.2, 0.25) is 0 Å². The van der Waals surface area contributed by atoms with Gasteiger partial charge >= 0.3 is 0 Å². The number of carbonyl (C=O) groups excluding carboxylic acids is 1. The first kappa shape index (κ1) is 14.9. The van der Waals surface area contributed by atoms with Crippen LogP contribution in [0.15, 0.2) is 18.2 Å². The fourth-order valence-electron chi connectivity index (χ4n) is 2.12. The first-order valence-electron chi connectivity index (χ1n) is 6.83. The van der Waals surface area contributed by atoms with Gasteiger partial charge in [-0.25, -0.2) is 8.78 Å². The summed E-state index contributed by atoms with van der Waals surface area (Å²) in [6.45, 7) is 1.30. The Labute approximate surface area is 117 Å². The quantitative estimate of drug-likeness (QED) is 0.842. The van der Waals surface area contributed by atoms with Gasteiger partial charge in [0.1, 0.15) is 17.2 Å². The van der Waals surface area contributed by atoms with Crippen LogP contribution in [0.3, 0.4) is 0 Å². The lowest BCUT2D eigenvalue weighted by Gasteiger charge is -2.24. The first-order chi connectivity index (χ1) is 9.38. The summed E-state index contributed by atoms with van der Waals surface area (Å²) >= 11 is 0. The molecule has 1 unspecified atom stereocenters. The van der Waals surface area contributed by atoms with Crippen molar-refractivity contribution in [2.45, 2.75) is 38.2 Å². The molecular formula is C15H19F2NO2. The van der Waals surface area contributed by atoms with Crippen molar-refractivity contribution in [1.82, 2.24) is 5.32 Å². The Hall–Kier alpha value is -1.49. The summed E-state index contributed by atoms with van der Waals surface area (Å²) in [5.41, 5.74) is -1.59. The first-order valence-corrected chi connectivity index (χ1v) is 6.83. The van der Waals surface area contributed by atoms with Crippen molar-refractivity contribution in [2.24, 2.45) is 5.92 Å². The topological polar surface area (TPSA) is 49.3 Å². The van der Waals surface area contributed by atoms with Gasteiger partial charge in [0.15, 0.2) is 0 Å². The molecule has 1 aromatic rings. The smallest absolute Gasteiger partial charge is 0.220 e. The molecule has 0 aromatic heterocycles. The molecular weight excluding hydrogens is 264 g/mol. The van der Waals surface area contributed by atoms with Crippen molar-refractivity contribution in [3.8, 4) is 0 Å². The lowest BCUT2D eigenvalue weighted by Crippen LogP contribution is -2.39. The largest absolute Gasteiger partial charge is 0.383 e. The summed E-state index contributed by atoms with van der Waals surface area (Å²) in [6.07, 6.45) is 3.66. The number of aliphatic hydroxyl groups is 1. The molecule has 0 aliphatic heterocycles. The van der Waals surface area contributed by atoms with Gasteiger partial charge in [-0.1, -0.05) is 18.9 Å². The average molecular weight is 283 g/mol. The fraction of sp³-hybridized carbons (Fsp3) is 0.533. The van der Waals surface area contributed by atoms with E-state index in [4.69, 9.17) is 0 Å². The molecule has 20 heavy (non-hydrogen) atoms. The summed E-state index contributed by atoms with van der Waals surface area (Å²) in [7, 11) is 0. The molecule has 0 heterocycles.